The van der Waals surface area contributed by atoms with Gasteiger partial charge in [-0.3, -0.25) is 0 Å². The number of carbonyl (C=O) groups excluding carboxylic acids is 3. The molecular formula is C45H45F3N6O10. The lowest BCUT2D eigenvalue weighted by molar-refractivity contribution is 0.261. The van der Waals surface area contributed by atoms with Crippen LogP contribution >= 0.6 is 0 Å². The second-order valence-corrected chi connectivity index (χ2v) is 13.1. The van der Waals surface area contributed by atoms with E-state index in [2.05, 4.69) is 31.9 Å². The van der Waals surface area contributed by atoms with Gasteiger partial charge < -0.3 is 66.2 Å². The van der Waals surface area contributed by atoms with Gasteiger partial charge in [-0.05, 0) is 73.5 Å². The average molecular weight is 887 g/mol. The number of rotatable bonds is 10. The number of aromatic hydroxyl groups is 3. The van der Waals surface area contributed by atoms with Gasteiger partial charge in [0, 0.05) is 29.6 Å². The summed E-state index contributed by atoms with van der Waals surface area (Å²) in [7, 11) is 5.88. The number of nitrogens with one attached hydrogen (secondary N) is 6. The second kappa shape index (κ2) is 22.9. The number of urea groups is 3. The Balaban J connectivity index is 0.000000212. The molecule has 0 heterocycles. The van der Waals surface area contributed by atoms with E-state index in [4.69, 9.17) is 18.9 Å². The lowest BCUT2D eigenvalue weighted by atomic mass is 10.1. The zero-order valence-electron chi connectivity index (χ0n) is 35.2. The first-order valence-corrected chi connectivity index (χ1v) is 18.8. The van der Waals surface area contributed by atoms with Gasteiger partial charge in [0.05, 0.1) is 51.2 Å². The highest BCUT2D eigenvalue weighted by Gasteiger charge is 2.17. The first kappa shape index (κ1) is 48.2. The van der Waals surface area contributed by atoms with Crippen molar-refractivity contribution in [2.45, 2.75) is 13.8 Å². The first-order chi connectivity index (χ1) is 30.6. The third kappa shape index (κ3) is 13.3. The van der Waals surface area contributed by atoms with Crippen LogP contribution in [0.4, 0.5) is 61.7 Å². The number of carbonyl (C=O) groups is 3. The SMILES string of the molecule is COc1cc(NC(=O)Nc2cccc(F)c2O)cc(OC)c1OC.COc1cccc(NC(=O)Nc2cccc(F)c2O)c1.Cc1cccc(C)c1NC(=O)Nc1cccc(F)c1O. The molecule has 6 aromatic rings. The number of halogens is 3. The highest BCUT2D eigenvalue weighted by Crippen LogP contribution is 2.40. The third-order valence-electron chi connectivity index (χ3n) is 8.67. The zero-order chi connectivity index (χ0) is 46.9. The highest BCUT2D eigenvalue weighted by atomic mass is 19.1. The molecule has 0 aliphatic rings. The quantitative estimate of drug-likeness (QED) is 0.0592. The minimum atomic E-state index is -0.833. The Labute approximate surface area is 365 Å². The number of hydrogen-bond acceptors (Lipinski definition) is 10. The molecule has 0 radical (unpaired) electrons. The van der Waals surface area contributed by atoms with E-state index in [1.807, 2.05) is 32.0 Å². The molecule has 336 valence electrons. The van der Waals surface area contributed by atoms with Gasteiger partial charge >= 0.3 is 18.1 Å². The maximum absolute atomic E-state index is 13.3. The standard InChI is InChI=1S/C16H17FN2O5.C15H15FN2O2.C14H13FN2O3/c1-22-12-7-9(8-13(23-2)15(12)24-3)18-16(21)19-11-6-4-5-10(17)14(11)20;1-9-5-3-6-10(2)13(9)18-15(20)17-12-8-4-7-11(16)14(12)19;1-20-10-5-2-4-9(8-10)16-14(19)17-12-7-3-6-11(15)13(12)18/h4-8,20H,1-3H3,(H2,18,19,21);3-8,19H,1-2H3,(H2,17,18,20);2-8,18H,1H3,(H2,16,17,19). The number of benzene rings is 6. The molecule has 64 heavy (non-hydrogen) atoms. The molecule has 9 N–H and O–H groups in total. The van der Waals surface area contributed by atoms with Gasteiger partial charge in [0.15, 0.2) is 46.2 Å². The molecule has 0 saturated heterocycles. The molecule has 6 rings (SSSR count). The number of methoxy groups -OCH3 is 4. The summed E-state index contributed by atoms with van der Waals surface area (Å²) < 4.78 is 60.1. The number of hydrogen-bond donors (Lipinski definition) is 9. The number of aryl methyl sites for hydroxylation is 2. The number of anilines is 6. The van der Waals surface area contributed by atoms with E-state index in [1.165, 1.54) is 77.0 Å². The predicted octanol–water partition coefficient (Wildman–Crippen LogP) is 10.2. The van der Waals surface area contributed by atoms with Crippen molar-refractivity contribution < 1.29 is 61.8 Å². The summed E-state index contributed by atoms with van der Waals surface area (Å²) in [5, 5.41) is 43.4. The summed E-state index contributed by atoms with van der Waals surface area (Å²) >= 11 is 0. The Hall–Kier alpha value is -8.48. The van der Waals surface area contributed by atoms with E-state index in [9.17, 15) is 42.9 Å². The maximum atomic E-state index is 13.3. The average Bonchev–Trinajstić information content (AvgIpc) is 3.27. The fourth-order valence-electron chi connectivity index (χ4n) is 5.55. The number of phenols is 3. The second-order valence-electron chi connectivity index (χ2n) is 13.1. The number of ether oxygens (including phenoxy) is 4. The predicted molar refractivity (Wildman–Crippen MR) is 237 cm³/mol. The van der Waals surface area contributed by atoms with Gasteiger partial charge in [-0.25, -0.2) is 27.6 Å². The van der Waals surface area contributed by atoms with E-state index < -0.39 is 52.8 Å². The van der Waals surface area contributed by atoms with Crippen LogP contribution in [0.25, 0.3) is 0 Å². The Bertz CT molecular complexity index is 2550. The van der Waals surface area contributed by atoms with Crippen LogP contribution in [-0.2, 0) is 0 Å². The van der Waals surface area contributed by atoms with E-state index >= 15 is 0 Å². The van der Waals surface area contributed by atoms with E-state index in [0.29, 0.717) is 40.1 Å². The van der Waals surface area contributed by atoms with Crippen molar-refractivity contribution in [2.75, 3.05) is 60.3 Å². The summed E-state index contributed by atoms with van der Waals surface area (Å²) in [6, 6.07) is 25.3. The van der Waals surface area contributed by atoms with Crippen LogP contribution < -0.4 is 50.8 Å². The monoisotopic (exact) mass is 886 g/mol. The molecule has 6 aromatic carbocycles. The largest absolute Gasteiger partial charge is 0.503 e. The molecule has 19 heteroatoms. The van der Waals surface area contributed by atoms with Crippen LogP contribution in [-0.4, -0.2) is 61.9 Å². The van der Waals surface area contributed by atoms with Gasteiger partial charge in [-0.2, -0.15) is 0 Å². The van der Waals surface area contributed by atoms with Crippen molar-refractivity contribution in [2.24, 2.45) is 0 Å². The van der Waals surface area contributed by atoms with Gasteiger partial charge in [-0.1, -0.05) is 42.5 Å². The Kier molecular flexibility index (Phi) is 17.3. The molecule has 0 saturated carbocycles. The zero-order valence-corrected chi connectivity index (χ0v) is 35.2. The van der Waals surface area contributed by atoms with E-state index in [-0.39, 0.29) is 17.1 Å². The fourth-order valence-corrected chi connectivity index (χ4v) is 5.55. The summed E-state index contributed by atoms with van der Waals surface area (Å²) in [5.41, 5.74) is 3.36. The van der Waals surface area contributed by atoms with Crippen molar-refractivity contribution in [3.63, 3.8) is 0 Å². The maximum Gasteiger partial charge on any atom is 0.323 e. The molecule has 0 aromatic heterocycles. The van der Waals surface area contributed by atoms with E-state index in [0.717, 1.165) is 29.3 Å². The molecule has 0 aliphatic carbocycles. The summed E-state index contributed by atoms with van der Waals surface area (Å²) in [6.07, 6.45) is 0. The molecule has 0 fully saturated rings. The van der Waals surface area contributed by atoms with Gasteiger partial charge in [0.25, 0.3) is 0 Å². The lowest BCUT2D eigenvalue weighted by Crippen LogP contribution is -2.20. The van der Waals surface area contributed by atoms with Crippen LogP contribution in [0.1, 0.15) is 11.1 Å². The number of phenolic OH excluding ortho intramolecular Hbond substituents is 3. The smallest absolute Gasteiger partial charge is 0.323 e. The molecule has 16 nitrogen and oxygen atoms in total. The Morgan fingerprint density at radius 2 is 0.844 bits per heavy atom. The fraction of sp³-hybridized carbons (Fsp3) is 0.133. The van der Waals surface area contributed by atoms with Crippen LogP contribution in [0.15, 0.2) is 109 Å². The number of para-hydroxylation sites is 4. The van der Waals surface area contributed by atoms with Gasteiger partial charge in [0.1, 0.15) is 5.75 Å². The molecule has 0 aliphatic heterocycles. The van der Waals surface area contributed by atoms with Crippen molar-refractivity contribution >= 4 is 52.2 Å². The minimum Gasteiger partial charge on any atom is -0.503 e. The molecule has 0 spiro atoms. The van der Waals surface area contributed by atoms with Crippen molar-refractivity contribution in [1.29, 1.82) is 0 Å². The molecular weight excluding hydrogens is 842 g/mol. The van der Waals surface area contributed by atoms with Crippen LogP contribution in [0.5, 0.6) is 40.2 Å². The molecule has 0 atom stereocenters. The normalized spacial score (nSPS) is 10.0. The van der Waals surface area contributed by atoms with Gasteiger partial charge in [-0.15, -0.1) is 0 Å². The van der Waals surface area contributed by atoms with E-state index in [1.54, 1.807) is 24.3 Å². The summed E-state index contributed by atoms with van der Waals surface area (Å²) in [5.74, 6) is -2.54. The van der Waals surface area contributed by atoms with Gasteiger partial charge in [0.2, 0.25) is 5.75 Å². The topological polar surface area (TPSA) is 221 Å². The van der Waals surface area contributed by atoms with Crippen LogP contribution in [0, 0.1) is 31.3 Å². The van der Waals surface area contributed by atoms with Crippen LogP contribution in [0.2, 0.25) is 0 Å². The Morgan fingerprint density at radius 1 is 0.453 bits per heavy atom. The Morgan fingerprint density at radius 3 is 1.25 bits per heavy atom. The highest BCUT2D eigenvalue weighted by molar-refractivity contribution is 6.02. The summed E-state index contributed by atoms with van der Waals surface area (Å²) in [6.45, 7) is 3.75. The van der Waals surface area contributed by atoms with Crippen molar-refractivity contribution in [1.82, 2.24) is 0 Å². The lowest BCUT2D eigenvalue weighted by Gasteiger charge is -2.15. The van der Waals surface area contributed by atoms with Crippen molar-refractivity contribution in [3.05, 3.63) is 138 Å². The number of amides is 6. The third-order valence-corrected chi connectivity index (χ3v) is 8.67. The first-order valence-electron chi connectivity index (χ1n) is 18.8. The molecule has 6 amide bonds. The van der Waals surface area contributed by atoms with Crippen molar-refractivity contribution in [3.8, 4) is 40.2 Å². The van der Waals surface area contributed by atoms with Crippen LogP contribution in [0.3, 0.4) is 0 Å². The molecule has 0 bridgehead atoms. The summed E-state index contributed by atoms with van der Waals surface area (Å²) in [4.78, 5) is 35.7. The minimum absolute atomic E-state index is 0.00889. The molecule has 0 unspecified atom stereocenters.